The van der Waals surface area contributed by atoms with Gasteiger partial charge in [0.15, 0.2) is 0 Å². The Labute approximate surface area is 127 Å². The van der Waals surface area contributed by atoms with Crippen LogP contribution in [0.3, 0.4) is 0 Å². The highest BCUT2D eigenvalue weighted by Crippen LogP contribution is 2.56. The molecule has 0 aliphatic heterocycles. The van der Waals surface area contributed by atoms with Crippen LogP contribution in [0, 0.1) is 0 Å². The van der Waals surface area contributed by atoms with E-state index in [1.54, 1.807) is 0 Å². The highest BCUT2D eigenvalue weighted by Gasteiger charge is 2.34. The first-order chi connectivity index (χ1) is 7.86. The van der Waals surface area contributed by atoms with Crippen LogP contribution in [0.4, 0.5) is 0 Å². The molecular formula is C6H3Cl6O4P. The molecule has 0 amide bonds. The van der Waals surface area contributed by atoms with Gasteiger partial charge in [-0.1, -0.05) is 34.8 Å². The minimum absolute atomic E-state index is 0.479. The first kappa shape index (κ1) is 17.6. The Morgan fingerprint density at radius 2 is 1.00 bits per heavy atom. The SMILES string of the molecule is O=P(O/C(Cl)=C/Cl)(O/C(Cl)=C/Cl)O/C(Cl)=C/Cl. The van der Waals surface area contributed by atoms with Gasteiger partial charge in [0.25, 0.3) is 0 Å². The lowest BCUT2D eigenvalue weighted by Crippen LogP contribution is -1.95. The predicted octanol–water partition coefficient (Wildman–Crippen LogP) is 5.97. The molecule has 0 aliphatic rings. The van der Waals surface area contributed by atoms with Gasteiger partial charge in [0, 0.05) is 0 Å². The highest BCUT2D eigenvalue weighted by molar-refractivity contribution is 7.49. The number of hydrogen-bond acceptors (Lipinski definition) is 4. The number of phosphoric ester groups is 1. The second-order valence-electron chi connectivity index (χ2n) is 1.96. The molecule has 0 aromatic carbocycles. The van der Waals surface area contributed by atoms with Crippen LogP contribution in [0.15, 0.2) is 32.3 Å². The van der Waals surface area contributed by atoms with Gasteiger partial charge in [-0.25, -0.2) is 0 Å². The maximum absolute atomic E-state index is 11.9. The van der Waals surface area contributed by atoms with E-state index in [2.05, 4.69) is 13.6 Å². The number of phosphoric acid groups is 1. The van der Waals surface area contributed by atoms with Gasteiger partial charge >= 0.3 is 7.82 Å². The summed E-state index contributed by atoms with van der Waals surface area (Å²) >= 11 is 31.8. The molecule has 0 aromatic heterocycles. The van der Waals surface area contributed by atoms with Crippen molar-refractivity contribution in [1.82, 2.24) is 0 Å². The molecule has 0 radical (unpaired) electrons. The molecule has 17 heavy (non-hydrogen) atoms. The molecule has 0 bridgehead atoms. The lowest BCUT2D eigenvalue weighted by atomic mass is 11.1. The van der Waals surface area contributed by atoms with Gasteiger partial charge in [-0.15, -0.1) is 0 Å². The zero-order chi connectivity index (χ0) is 13.5. The third-order valence-electron chi connectivity index (χ3n) is 0.854. The number of hydrogen-bond donors (Lipinski definition) is 0. The largest absolute Gasteiger partial charge is 0.649 e. The molecule has 0 fully saturated rings. The van der Waals surface area contributed by atoms with Crippen molar-refractivity contribution in [3.05, 3.63) is 32.3 Å². The van der Waals surface area contributed by atoms with Gasteiger partial charge < -0.3 is 13.6 Å². The van der Waals surface area contributed by atoms with Crippen LogP contribution in [0.1, 0.15) is 0 Å². The van der Waals surface area contributed by atoms with E-state index in [4.69, 9.17) is 69.6 Å². The van der Waals surface area contributed by atoms with Crippen LogP contribution >= 0.6 is 77.4 Å². The van der Waals surface area contributed by atoms with Gasteiger partial charge in [0.1, 0.15) is 0 Å². The Hall–Kier alpha value is 0.590. The molecule has 0 saturated carbocycles. The first-order valence-corrected chi connectivity index (χ1v) is 7.33. The molecule has 0 aromatic rings. The van der Waals surface area contributed by atoms with E-state index in [1.165, 1.54) is 0 Å². The van der Waals surface area contributed by atoms with Crippen molar-refractivity contribution in [1.29, 1.82) is 0 Å². The second kappa shape index (κ2) is 8.65. The summed E-state index contributed by atoms with van der Waals surface area (Å²) in [5.41, 5.74) is 2.33. The maximum Gasteiger partial charge on any atom is 0.649 e. The fourth-order valence-electron chi connectivity index (χ4n) is 0.436. The minimum Gasteiger partial charge on any atom is -0.373 e. The summed E-state index contributed by atoms with van der Waals surface area (Å²) < 4.78 is 25.6. The van der Waals surface area contributed by atoms with Crippen molar-refractivity contribution in [3.63, 3.8) is 0 Å². The smallest absolute Gasteiger partial charge is 0.373 e. The molecule has 0 aliphatic carbocycles. The predicted molar refractivity (Wildman–Crippen MR) is 70.2 cm³/mol. The molecule has 0 atom stereocenters. The third-order valence-corrected chi connectivity index (χ3v) is 3.93. The fraction of sp³-hybridized carbons (Fsp3) is 0. The summed E-state index contributed by atoms with van der Waals surface area (Å²) in [6, 6.07) is 0. The van der Waals surface area contributed by atoms with E-state index in [0.717, 1.165) is 16.6 Å². The lowest BCUT2D eigenvalue weighted by molar-refractivity contribution is 0.218. The number of halogens is 6. The van der Waals surface area contributed by atoms with E-state index in [-0.39, 0.29) is 0 Å². The van der Waals surface area contributed by atoms with E-state index in [1.807, 2.05) is 0 Å². The van der Waals surface area contributed by atoms with Crippen molar-refractivity contribution in [2.45, 2.75) is 0 Å². The van der Waals surface area contributed by atoms with Crippen LogP contribution in [0.5, 0.6) is 0 Å². The van der Waals surface area contributed by atoms with Gasteiger partial charge in [-0.05, 0) is 34.8 Å². The Morgan fingerprint density at radius 1 is 0.765 bits per heavy atom. The van der Waals surface area contributed by atoms with Crippen LogP contribution in [0.25, 0.3) is 0 Å². The quantitative estimate of drug-likeness (QED) is 0.419. The standard InChI is InChI=1S/C6H3Cl6O4P/c7-1-4(10)14-17(13,15-5(11)2-8)16-6(12)3-9/h1-3H/b4-1+,5-2+,6-3+. The first-order valence-electron chi connectivity index (χ1n) is 3.43. The van der Waals surface area contributed by atoms with Crippen molar-refractivity contribution in [2.24, 2.45) is 0 Å². The normalized spacial score (nSPS) is 14.6. The molecule has 0 N–H and O–H groups in total. The Morgan fingerprint density at radius 3 is 1.18 bits per heavy atom. The number of rotatable bonds is 6. The Balaban J connectivity index is 5.00. The molecule has 4 nitrogen and oxygen atoms in total. The molecule has 0 rings (SSSR count). The van der Waals surface area contributed by atoms with Gasteiger partial charge in [0.05, 0.1) is 16.6 Å². The van der Waals surface area contributed by atoms with E-state index >= 15 is 0 Å². The topological polar surface area (TPSA) is 44.8 Å². The van der Waals surface area contributed by atoms with Crippen LogP contribution in [-0.2, 0) is 18.1 Å². The zero-order valence-corrected chi connectivity index (χ0v) is 13.0. The third kappa shape index (κ3) is 7.58. The average molecular weight is 383 g/mol. The summed E-state index contributed by atoms with van der Waals surface area (Å²) in [6.45, 7) is 0. The van der Waals surface area contributed by atoms with Gasteiger partial charge in [-0.3, -0.25) is 0 Å². The lowest BCUT2D eigenvalue weighted by Gasteiger charge is -2.16. The van der Waals surface area contributed by atoms with Crippen LogP contribution in [-0.4, -0.2) is 0 Å². The molecular weight excluding hydrogens is 380 g/mol. The van der Waals surface area contributed by atoms with Gasteiger partial charge in [0.2, 0.25) is 15.7 Å². The minimum atomic E-state index is -4.29. The molecule has 0 unspecified atom stereocenters. The summed E-state index contributed by atoms with van der Waals surface area (Å²) in [5, 5.41) is -1.44. The second-order valence-corrected chi connectivity index (χ2v) is 5.18. The Bertz CT molecular complexity index is 335. The molecule has 0 saturated heterocycles. The average Bonchev–Trinajstić information content (AvgIpc) is 2.27. The molecule has 98 valence electrons. The summed E-state index contributed by atoms with van der Waals surface area (Å²) in [4.78, 5) is 0. The highest BCUT2D eigenvalue weighted by atomic mass is 35.5. The van der Waals surface area contributed by atoms with Gasteiger partial charge in [-0.2, -0.15) is 4.57 Å². The van der Waals surface area contributed by atoms with Crippen LogP contribution in [0.2, 0.25) is 0 Å². The molecule has 11 heteroatoms. The molecule has 0 spiro atoms. The zero-order valence-electron chi connectivity index (χ0n) is 7.58. The van der Waals surface area contributed by atoms with E-state index in [0.29, 0.717) is 0 Å². The molecule has 0 heterocycles. The Kier molecular flexibility index (Phi) is 8.95. The summed E-state index contributed by atoms with van der Waals surface area (Å²) in [5.74, 6) is 0. The van der Waals surface area contributed by atoms with Crippen molar-refractivity contribution >= 4 is 77.4 Å². The van der Waals surface area contributed by atoms with E-state index < -0.39 is 23.5 Å². The summed E-state index contributed by atoms with van der Waals surface area (Å²) in [6.07, 6.45) is 0. The maximum atomic E-state index is 11.9. The van der Waals surface area contributed by atoms with Crippen molar-refractivity contribution < 1.29 is 18.1 Å². The fourth-order valence-corrected chi connectivity index (χ4v) is 2.43. The van der Waals surface area contributed by atoms with Crippen molar-refractivity contribution in [3.8, 4) is 0 Å². The monoisotopic (exact) mass is 380 g/mol. The van der Waals surface area contributed by atoms with E-state index in [9.17, 15) is 4.57 Å². The summed E-state index contributed by atoms with van der Waals surface area (Å²) in [7, 11) is -4.29. The van der Waals surface area contributed by atoms with Crippen molar-refractivity contribution in [2.75, 3.05) is 0 Å². The van der Waals surface area contributed by atoms with Crippen LogP contribution < -0.4 is 0 Å².